The Morgan fingerprint density at radius 1 is 1.14 bits per heavy atom. The summed E-state index contributed by atoms with van der Waals surface area (Å²) in [4.78, 5) is 16.0. The number of carbonyl (C=O) groups excluding carboxylic acids is 1. The summed E-state index contributed by atoms with van der Waals surface area (Å²) >= 11 is 1.40. The van der Waals surface area contributed by atoms with Crippen LogP contribution in [0.4, 0.5) is 0 Å². The molecule has 3 aromatic rings. The van der Waals surface area contributed by atoms with Gasteiger partial charge in [0.15, 0.2) is 5.16 Å². The fourth-order valence-corrected chi connectivity index (χ4v) is 3.11. The second-order valence-electron chi connectivity index (χ2n) is 4.82. The van der Waals surface area contributed by atoms with Crippen molar-refractivity contribution in [3.05, 3.63) is 60.2 Å². The van der Waals surface area contributed by atoms with Crippen LogP contribution in [0, 0.1) is 0 Å². The second-order valence-corrected chi connectivity index (χ2v) is 5.76. The Labute approximate surface area is 133 Å². The van der Waals surface area contributed by atoms with E-state index >= 15 is 0 Å². The smallest absolute Gasteiger partial charge is 0.316 e. The maximum atomic E-state index is 11.4. The molecule has 2 aromatic carbocycles. The lowest BCUT2D eigenvalue weighted by Crippen LogP contribution is -2.06. The van der Waals surface area contributed by atoms with Crippen LogP contribution in [0.15, 0.2) is 59.8 Å². The van der Waals surface area contributed by atoms with Gasteiger partial charge in [-0.2, -0.15) is 0 Å². The third-order valence-corrected chi connectivity index (χ3v) is 4.30. The van der Waals surface area contributed by atoms with E-state index < -0.39 is 0 Å². The molecule has 0 unspecified atom stereocenters. The highest BCUT2D eigenvalue weighted by molar-refractivity contribution is 7.99. The average Bonchev–Trinajstić information content (AvgIpc) is 2.91. The maximum absolute atomic E-state index is 11.4. The number of rotatable bonds is 5. The molecule has 1 aromatic heterocycles. The van der Waals surface area contributed by atoms with Crippen LogP contribution >= 0.6 is 11.8 Å². The van der Waals surface area contributed by atoms with Crippen LogP contribution in [0.3, 0.4) is 0 Å². The van der Waals surface area contributed by atoms with E-state index in [1.165, 1.54) is 24.4 Å². The van der Waals surface area contributed by atoms with Gasteiger partial charge in [-0.05, 0) is 17.7 Å². The normalized spacial score (nSPS) is 10.8. The number of nitrogens with zero attached hydrogens (tertiary/aromatic N) is 2. The Bertz CT molecular complexity index is 784. The Morgan fingerprint density at radius 3 is 2.64 bits per heavy atom. The van der Waals surface area contributed by atoms with Gasteiger partial charge in [-0.25, -0.2) is 4.98 Å². The summed E-state index contributed by atoms with van der Waals surface area (Å²) in [6.07, 6.45) is 0. The summed E-state index contributed by atoms with van der Waals surface area (Å²) in [5.74, 6) is 0.0116. The Balaban J connectivity index is 1.95. The van der Waals surface area contributed by atoms with Gasteiger partial charge in [0, 0.05) is 0 Å². The lowest BCUT2D eigenvalue weighted by Gasteiger charge is -2.08. The molecule has 0 fully saturated rings. The Hall–Kier alpha value is -2.27. The van der Waals surface area contributed by atoms with Crippen molar-refractivity contribution in [2.45, 2.75) is 11.7 Å². The first-order valence-corrected chi connectivity index (χ1v) is 7.95. The van der Waals surface area contributed by atoms with Crippen molar-refractivity contribution in [3.63, 3.8) is 0 Å². The van der Waals surface area contributed by atoms with Crippen LogP contribution in [0.1, 0.15) is 5.56 Å². The van der Waals surface area contributed by atoms with Crippen LogP contribution in [0.5, 0.6) is 0 Å². The molecule has 0 bridgehead atoms. The monoisotopic (exact) mass is 312 g/mol. The predicted octanol–water partition coefficient (Wildman–Crippen LogP) is 3.35. The van der Waals surface area contributed by atoms with E-state index in [9.17, 15) is 4.79 Å². The molecular formula is C17H16N2O2S. The van der Waals surface area contributed by atoms with Crippen LogP contribution < -0.4 is 0 Å². The van der Waals surface area contributed by atoms with E-state index in [-0.39, 0.29) is 11.7 Å². The molecule has 4 nitrogen and oxygen atoms in total. The van der Waals surface area contributed by atoms with Gasteiger partial charge in [-0.15, -0.1) is 0 Å². The third-order valence-electron chi connectivity index (χ3n) is 3.35. The van der Waals surface area contributed by atoms with Gasteiger partial charge in [-0.3, -0.25) is 4.79 Å². The summed E-state index contributed by atoms with van der Waals surface area (Å²) in [6.45, 7) is 0.727. The SMILES string of the molecule is COC(=O)CSc1nc2ccccc2n1Cc1ccccc1. The number of benzene rings is 2. The first-order valence-electron chi connectivity index (χ1n) is 6.97. The molecule has 0 atom stereocenters. The first-order chi connectivity index (χ1) is 10.8. The quantitative estimate of drug-likeness (QED) is 0.535. The fraction of sp³-hybridized carbons (Fsp3) is 0.176. The highest BCUT2D eigenvalue weighted by atomic mass is 32.2. The standard InChI is InChI=1S/C17H16N2O2S/c1-21-16(20)12-22-17-18-14-9-5-6-10-15(14)19(17)11-13-7-3-2-4-8-13/h2-10H,11-12H2,1H3. The molecule has 0 radical (unpaired) electrons. The minimum absolute atomic E-state index is 0.247. The number of aromatic nitrogens is 2. The zero-order chi connectivity index (χ0) is 15.4. The zero-order valence-electron chi connectivity index (χ0n) is 12.2. The topological polar surface area (TPSA) is 44.1 Å². The second kappa shape index (κ2) is 6.66. The van der Waals surface area contributed by atoms with Crippen molar-refractivity contribution in [2.75, 3.05) is 12.9 Å². The molecule has 0 saturated carbocycles. The minimum atomic E-state index is -0.247. The number of hydrogen-bond acceptors (Lipinski definition) is 4. The number of fused-ring (bicyclic) bond motifs is 1. The molecule has 0 saturated heterocycles. The summed E-state index contributed by atoms with van der Waals surface area (Å²) in [6, 6.07) is 18.2. The van der Waals surface area contributed by atoms with Crippen LogP contribution in [-0.2, 0) is 16.1 Å². The Kier molecular flexibility index (Phi) is 4.44. The number of methoxy groups -OCH3 is 1. The molecule has 0 spiro atoms. The van der Waals surface area contributed by atoms with E-state index in [2.05, 4.69) is 21.7 Å². The maximum Gasteiger partial charge on any atom is 0.316 e. The predicted molar refractivity (Wildman–Crippen MR) is 88.0 cm³/mol. The molecule has 5 heteroatoms. The summed E-state index contributed by atoms with van der Waals surface area (Å²) in [5, 5.41) is 0.829. The largest absolute Gasteiger partial charge is 0.468 e. The van der Waals surface area contributed by atoms with E-state index in [4.69, 9.17) is 4.74 Å². The molecule has 0 aliphatic carbocycles. The molecule has 3 rings (SSSR count). The number of hydrogen-bond donors (Lipinski definition) is 0. The summed E-state index contributed by atoms with van der Waals surface area (Å²) < 4.78 is 6.84. The van der Waals surface area contributed by atoms with Gasteiger partial charge in [0.25, 0.3) is 0 Å². The molecule has 22 heavy (non-hydrogen) atoms. The molecule has 112 valence electrons. The van der Waals surface area contributed by atoms with Gasteiger partial charge in [0.05, 0.1) is 30.4 Å². The van der Waals surface area contributed by atoms with Crippen molar-refractivity contribution in [1.29, 1.82) is 0 Å². The van der Waals surface area contributed by atoms with Crippen LogP contribution in [-0.4, -0.2) is 28.4 Å². The number of esters is 1. The number of thioether (sulfide) groups is 1. The molecule has 1 heterocycles. The molecule has 0 aliphatic rings. The molecule has 0 N–H and O–H groups in total. The molecule has 0 aliphatic heterocycles. The van der Waals surface area contributed by atoms with Gasteiger partial charge >= 0.3 is 5.97 Å². The Morgan fingerprint density at radius 2 is 1.86 bits per heavy atom. The van der Waals surface area contributed by atoms with Crippen LogP contribution in [0.2, 0.25) is 0 Å². The summed E-state index contributed by atoms with van der Waals surface area (Å²) in [5.41, 5.74) is 3.20. The number of carbonyl (C=O) groups is 1. The summed E-state index contributed by atoms with van der Waals surface area (Å²) in [7, 11) is 1.40. The third kappa shape index (κ3) is 3.14. The first kappa shape index (κ1) is 14.7. The van der Waals surface area contributed by atoms with Gasteiger partial charge in [-0.1, -0.05) is 54.2 Å². The van der Waals surface area contributed by atoms with E-state index in [0.717, 1.165) is 22.7 Å². The van der Waals surface area contributed by atoms with Crippen molar-refractivity contribution in [1.82, 2.24) is 9.55 Å². The number of ether oxygens (including phenoxy) is 1. The van der Waals surface area contributed by atoms with E-state index in [1.807, 2.05) is 42.5 Å². The van der Waals surface area contributed by atoms with Crippen molar-refractivity contribution in [2.24, 2.45) is 0 Å². The number of imidazole rings is 1. The van der Waals surface area contributed by atoms with E-state index in [0.29, 0.717) is 0 Å². The molecular weight excluding hydrogens is 296 g/mol. The van der Waals surface area contributed by atoms with Crippen molar-refractivity contribution in [3.8, 4) is 0 Å². The minimum Gasteiger partial charge on any atom is -0.468 e. The lowest BCUT2D eigenvalue weighted by molar-refractivity contribution is -0.137. The van der Waals surface area contributed by atoms with Crippen LogP contribution in [0.25, 0.3) is 11.0 Å². The van der Waals surface area contributed by atoms with Gasteiger partial charge < -0.3 is 9.30 Å². The van der Waals surface area contributed by atoms with Gasteiger partial charge in [0.1, 0.15) is 0 Å². The van der Waals surface area contributed by atoms with E-state index in [1.54, 1.807) is 0 Å². The fourth-order valence-electron chi connectivity index (χ4n) is 2.26. The highest BCUT2D eigenvalue weighted by Gasteiger charge is 2.13. The number of para-hydroxylation sites is 2. The van der Waals surface area contributed by atoms with Crippen molar-refractivity contribution >= 4 is 28.8 Å². The average molecular weight is 312 g/mol. The van der Waals surface area contributed by atoms with Crippen molar-refractivity contribution < 1.29 is 9.53 Å². The molecule has 0 amide bonds. The zero-order valence-corrected chi connectivity index (χ0v) is 13.0. The lowest BCUT2D eigenvalue weighted by atomic mass is 10.2. The highest BCUT2D eigenvalue weighted by Crippen LogP contribution is 2.25. The van der Waals surface area contributed by atoms with Gasteiger partial charge in [0.2, 0.25) is 0 Å².